The van der Waals surface area contributed by atoms with Gasteiger partial charge in [-0.05, 0) is 23.8 Å². The van der Waals surface area contributed by atoms with Gasteiger partial charge < -0.3 is 15.3 Å². The van der Waals surface area contributed by atoms with Crippen molar-refractivity contribution in [1.82, 2.24) is 14.9 Å². The Bertz CT molecular complexity index is 580. The van der Waals surface area contributed by atoms with E-state index in [9.17, 15) is 0 Å². The van der Waals surface area contributed by atoms with Crippen LogP contribution >= 0.6 is 0 Å². The summed E-state index contributed by atoms with van der Waals surface area (Å²) in [5.74, 6) is 7.16. The van der Waals surface area contributed by atoms with Crippen LogP contribution in [0.15, 0.2) is 29.6 Å². The molecule has 19 heavy (non-hydrogen) atoms. The van der Waals surface area contributed by atoms with Crippen molar-refractivity contribution in [2.75, 3.05) is 25.5 Å². The van der Waals surface area contributed by atoms with E-state index >= 15 is 0 Å². The highest BCUT2D eigenvalue weighted by Crippen LogP contribution is 2.26. The van der Waals surface area contributed by atoms with Crippen LogP contribution < -0.4 is 20.7 Å². The third kappa shape index (κ3) is 2.92. The lowest BCUT2D eigenvalue weighted by Gasteiger charge is -2.07. The Balaban J connectivity index is 2.09. The van der Waals surface area contributed by atoms with E-state index in [2.05, 4.69) is 20.7 Å². The first kappa shape index (κ1) is 12.7. The van der Waals surface area contributed by atoms with E-state index in [1.165, 1.54) is 11.0 Å². The van der Waals surface area contributed by atoms with Crippen molar-refractivity contribution in [3.05, 3.63) is 30.1 Å². The zero-order chi connectivity index (χ0) is 13.7. The molecule has 1 heterocycles. The fourth-order valence-corrected chi connectivity index (χ4v) is 1.42. The number of benzene rings is 1. The number of aromatic nitrogens is 3. The van der Waals surface area contributed by atoms with Crippen LogP contribution in [0, 0.1) is 0 Å². The van der Waals surface area contributed by atoms with Crippen molar-refractivity contribution in [3.8, 4) is 11.5 Å². The first-order chi connectivity index (χ1) is 9.24. The van der Waals surface area contributed by atoms with Gasteiger partial charge in [0.15, 0.2) is 11.5 Å². The third-order valence-corrected chi connectivity index (χ3v) is 2.36. The van der Waals surface area contributed by atoms with Crippen molar-refractivity contribution in [2.24, 2.45) is 5.10 Å². The second kappa shape index (κ2) is 5.71. The predicted molar refractivity (Wildman–Crippen MR) is 70.9 cm³/mol. The summed E-state index contributed by atoms with van der Waals surface area (Å²) < 4.78 is 11.6. The number of nitrogens with two attached hydrogens (primary N) is 1. The standard InChI is InChI=1S/C11H14N6O2/c1-18-9-4-3-8(5-10(9)19-2)6-13-15-11-16-14-7-17(11)12/h3-7H,12H2,1-2H3,(H,15,16)/b13-6-. The quantitative estimate of drug-likeness (QED) is 0.461. The molecule has 8 nitrogen and oxygen atoms in total. The lowest BCUT2D eigenvalue weighted by atomic mass is 10.2. The van der Waals surface area contributed by atoms with Crippen LogP contribution in [0.2, 0.25) is 0 Å². The number of nitrogen functional groups attached to an aromatic ring is 1. The Labute approximate surface area is 109 Å². The SMILES string of the molecule is COc1ccc(/C=N\Nc2nncn2N)cc1OC. The van der Waals surface area contributed by atoms with Crippen molar-refractivity contribution < 1.29 is 9.47 Å². The van der Waals surface area contributed by atoms with E-state index in [-0.39, 0.29) is 0 Å². The van der Waals surface area contributed by atoms with Crippen LogP contribution in [-0.4, -0.2) is 35.3 Å². The van der Waals surface area contributed by atoms with Crippen LogP contribution in [0.1, 0.15) is 5.56 Å². The minimum Gasteiger partial charge on any atom is -0.493 e. The number of rotatable bonds is 5. The van der Waals surface area contributed by atoms with Gasteiger partial charge in [-0.25, -0.2) is 10.1 Å². The topological polar surface area (TPSA) is 99.6 Å². The van der Waals surface area contributed by atoms with E-state index in [0.29, 0.717) is 17.4 Å². The summed E-state index contributed by atoms with van der Waals surface area (Å²) in [5.41, 5.74) is 3.51. The molecule has 0 radical (unpaired) electrons. The number of hydrogen-bond acceptors (Lipinski definition) is 7. The van der Waals surface area contributed by atoms with Gasteiger partial charge in [-0.2, -0.15) is 5.10 Å². The molecule has 8 heteroatoms. The number of nitrogens with one attached hydrogen (secondary N) is 1. The summed E-state index contributed by atoms with van der Waals surface area (Å²) >= 11 is 0. The average Bonchev–Trinajstić information content (AvgIpc) is 2.84. The molecule has 2 rings (SSSR count). The maximum atomic E-state index is 5.52. The molecule has 0 spiro atoms. The van der Waals surface area contributed by atoms with Gasteiger partial charge in [-0.1, -0.05) is 0 Å². The molecular formula is C11H14N6O2. The van der Waals surface area contributed by atoms with E-state index in [4.69, 9.17) is 15.3 Å². The number of hydrazone groups is 1. The van der Waals surface area contributed by atoms with Gasteiger partial charge in [0.1, 0.15) is 6.33 Å². The fraction of sp³-hybridized carbons (Fsp3) is 0.182. The molecule has 0 saturated heterocycles. The summed E-state index contributed by atoms with van der Waals surface area (Å²) in [5, 5.41) is 11.3. The van der Waals surface area contributed by atoms with E-state index in [1.807, 2.05) is 6.07 Å². The summed E-state index contributed by atoms with van der Waals surface area (Å²) in [6.45, 7) is 0. The Kier molecular flexibility index (Phi) is 3.81. The normalized spacial score (nSPS) is 10.6. The number of ether oxygens (including phenoxy) is 2. The number of hydrogen-bond donors (Lipinski definition) is 2. The van der Waals surface area contributed by atoms with Gasteiger partial charge in [0.25, 0.3) is 5.95 Å². The monoisotopic (exact) mass is 262 g/mol. The predicted octanol–water partition coefficient (Wildman–Crippen LogP) is 0.455. The molecule has 0 saturated carbocycles. The summed E-state index contributed by atoms with van der Waals surface area (Å²) in [6.07, 6.45) is 2.98. The molecule has 2 aromatic rings. The first-order valence-electron chi connectivity index (χ1n) is 5.41. The van der Waals surface area contributed by atoms with Gasteiger partial charge in [0, 0.05) is 0 Å². The fourth-order valence-electron chi connectivity index (χ4n) is 1.42. The molecule has 0 aliphatic heterocycles. The first-order valence-corrected chi connectivity index (χ1v) is 5.41. The number of methoxy groups -OCH3 is 2. The second-order valence-electron chi connectivity index (χ2n) is 3.55. The minimum absolute atomic E-state index is 0.344. The van der Waals surface area contributed by atoms with Crippen molar-refractivity contribution >= 4 is 12.2 Å². The highest BCUT2D eigenvalue weighted by Gasteiger charge is 2.03. The minimum atomic E-state index is 0.344. The zero-order valence-corrected chi connectivity index (χ0v) is 10.6. The number of anilines is 1. The molecule has 0 fully saturated rings. The lowest BCUT2D eigenvalue weighted by Crippen LogP contribution is -2.10. The Morgan fingerprint density at radius 1 is 1.32 bits per heavy atom. The second-order valence-corrected chi connectivity index (χ2v) is 3.55. The Morgan fingerprint density at radius 2 is 2.11 bits per heavy atom. The van der Waals surface area contributed by atoms with Gasteiger partial charge in [0.05, 0.1) is 20.4 Å². The van der Waals surface area contributed by atoms with Crippen molar-refractivity contribution in [2.45, 2.75) is 0 Å². The smallest absolute Gasteiger partial charge is 0.263 e. The molecular weight excluding hydrogens is 248 g/mol. The van der Waals surface area contributed by atoms with Gasteiger partial charge >= 0.3 is 0 Å². The lowest BCUT2D eigenvalue weighted by molar-refractivity contribution is 0.355. The maximum absolute atomic E-state index is 5.52. The van der Waals surface area contributed by atoms with Crippen LogP contribution in [0.25, 0.3) is 0 Å². The third-order valence-electron chi connectivity index (χ3n) is 2.36. The molecule has 1 aromatic heterocycles. The molecule has 0 amide bonds. The van der Waals surface area contributed by atoms with Crippen LogP contribution in [-0.2, 0) is 0 Å². The Hall–Kier alpha value is -2.77. The molecule has 0 aliphatic carbocycles. The highest BCUT2D eigenvalue weighted by atomic mass is 16.5. The molecule has 0 unspecified atom stereocenters. The molecule has 0 atom stereocenters. The molecule has 1 aromatic carbocycles. The van der Waals surface area contributed by atoms with E-state index < -0.39 is 0 Å². The van der Waals surface area contributed by atoms with E-state index in [1.54, 1.807) is 32.6 Å². The summed E-state index contributed by atoms with van der Waals surface area (Å²) in [4.78, 5) is 0. The van der Waals surface area contributed by atoms with Gasteiger partial charge in [-0.3, -0.25) is 0 Å². The van der Waals surface area contributed by atoms with Crippen molar-refractivity contribution in [1.29, 1.82) is 0 Å². The van der Waals surface area contributed by atoms with Gasteiger partial charge in [-0.15, -0.1) is 10.2 Å². The van der Waals surface area contributed by atoms with Crippen LogP contribution in [0.5, 0.6) is 11.5 Å². The van der Waals surface area contributed by atoms with Gasteiger partial charge in [0.2, 0.25) is 0 Å². The largest absolute Gasteiger partial charge is 0.493 e. The van der Waals surface area contributed by atoms with Crippen LogP contribution in [0.4, 0.5) is 5.95 Å². The molecule has 0 bridgehead atoms. The average molecular weight is 262 g/mol. The van der Waals surface area contributed by atoms with Crippen molar-refractivity contribution in [3.63, 3.8) is 0 Å². The highest BCUT2D eigenvalue weighted by molar-refractivity contribution is 5.81. The molecule has 3 N–H and O–H groups in total. The maximum Gasteiger partial charge on any atom is 0.263 e. The molecule has 100 valence electrons. The summed E-state index contributed by atoms with van der Waals surface area (Å²) in [7, 11) is 3.16. The zero-order valence-electron chi connectivity index (χ0n) is 10.6. The van der Waals surface area contributed by atoms with E-state index in [0.717, 1.165) is 5.56 Å². The summed E-state index contributed by atoms with van der Waals surface area (Å²) in [6, 6.07) is 5.45. The Morgan fingerprint density at radius 3 is 2.74 bits per heavy atom. The van der Waals surface area contributed by atoms with Crippen LogP contribution in [0.3, 0.4) is 0 Å². The molecule has 0 aliphatic rings. The number of nitrogens with zero attached hydrogens (tertiary/aromatic N) is 4.